The SMILES string of the molecule is CCOc1cc(NC2(C)CCCC2)cc([N+](=O)[O-])c1. The Morgan fingerprint density at radius 3 is 2.63 bits per heavy atom. The van der Waals surface area contributed by atoms with Crippen molar-refractivity contribution in [3.8, 4) is 5.75 Å². The zero-order valence-electron chi connectivity index (χ0n) is 11.4. The van der Waals surface area contributed by atoms with E-state index in [2.05, 4.69) is 12.2 Å². The average Bonchev–Trinajstić information content (AvgIpc) is 2.75. The second kappa shape index (κ2) is 5.47. The maximum Gasteiger partial charge on any atom is 0.275 e. The van der Waals surface area contributed by atoms with E-state index < -0.39 is 0 Å². The van der Waals surface area contributed by atoms with Gasteiger partial charge in [0.05, 0.1) is 17.6 Å². The molecule has 0 radical (unpaired) electrons. The summed E-state index contributed by atoms with van der Waals surface area (Å²) in [5, 5.41) is 14.4. The molecule has 0 heterocycles. The van der Waals surface area contributed by atoms with Crippen molar-refractivity contribution in [3.63, 3.8) is 0 Å². The van der Waals surface area contributed by atoms with Crippen molar-refractivity contribution in [2.75, 3.05) is 11.9 Å². The summed E-state index contributed by atoms with van der Waals surface area (Å²) in [5.74, 6) is 0.542. The fourth-order valence-electron chi connectivity index (χ4n) is 2.64. The fraction of sp³-hybridized carbons (Fsp3) is 0.571. The zero-order chi connectivity index (χ0) is 13.9. The van der Waals surface area contributed by atoms with Gasteiger partial charge in [0.25, 0.3) is 5.69 Å². The molecule has 1 fully saturated rings. The monoisotopic (exact) mass is 264 g/mol. The van der Waals surface area contributed by atoms with E-state index in [4.69, 9.17) is 4.74 Å². The second-order valence-corrected chi connectivity index (χ2v) is 5.30. The van der Waals surface area contributed by atoms with Gasteiger partial charge >= 0.3 is 0 Å². The molecule has 1 saturated carbocycles. The summed E-state index contributed by atoms with van der Waals surface area (Å²) < 4.78 is 5.39. The highest BCUT2D eigenvalue weighted by Crippen LogP contribution is 2.35. The minimum atomic E-state index is -0.384. The van der Waals surface area contributed by atoms with Crippen LogP contribution in [0.4, 0.5) is 11.4 Å². The Morgan fingerprint density at radius 2 is 2.05 bits per heavy atom. The van der Waals surface area contributed by atoms with Gasteiger partial charge in [-0.2, -0.15) is 0 Å². The van der Waals surface area contributed by atoms with Crippen LogP contribution >= 0.6 is 0 Å². The Labute approximate surface area is 113 Å². The van der Waals surface area contributed by atoms with Crippen LogP contribution in [-0.2, 0) is 0 Å². The Kier molecular flexibility index (Phi) is 3.93. The van der Waals surface area contributed by atoms with Gasteiger partial charge in [0, 0.05) is 23.4 Å². The number of nitro benzene ring substituents is 1. The Morgan fingerprint density at radius 1 is 1.37 bits per heavy atom. The molecule has 1 aromatic carbocycles. The molecule has 0 bridgehead atoms. The molecular weight excluding hydrogens is 244 g/mol. The summed E-state index contributed by atoms with van der Waals surface area (Å²) in [5.41, 5.74) is 0.871. The molecule has 0 aliphatic heterocycles. The lowest BCUT2D eigenvalue weighted by molar-refractivity contribution is -0.384. The van der Waals surface area contributed by atoms with Gasteiger partial charge in [-0.15, -0.1) is 0 Å². The number of nitrogens with zero attached hydrogens (tertiary/aromatic N) is 1. The van der Waals surface area contributed by atoms with E-state index in [1.807, 2.05) is 13.0 Å². The van der Waals surface area contributed by atoms with Gasteiger partial charge in [0.15, 0.2) is 0 Å². The number of benzene rings is 1. The number of nitro groups is 1. The van der Waals surface area contributed by atoms with E-state index in [1.165, 1.54) is 18.9 Å². The van der Waals surface area contributed by atoms with Crippen LogP contribution in [0.1, 0.15) is 39.5 Å². The van der Waals surface area contributed by atoms with Gasteiger partial charge in [-0.3, -0.25) is 10.1 Å². The Hall–Kier alpha value is -1.78. The summed E-state index contributed by atoms with van der Waals surface area (Å²) in [6, 6.07) is 4.87. The molecule has 1 aromatic rings. The fourth-order valence-corrected chi connectivity index (χ4v) is 2.64. The van der Waals surface area contributed by atoms with Crippen LogP contribution < -0.4 is 10.1 Å². The summed E-state index contributed by atoms with van der Waals surface area (Å²) in [7, 11) is 0. The third-order valence-corrected chi connectivity index (χ3v) is 3.57. The molecule has 0 saturated heterocycles. The first-order valence-corrected chi connectivity index (χ1v) is 6.73. The summed E-state index contributed by atoms with van der Waals surface area (Å²) >= 11 is 0. The van der Waals surface area contributed by atoms with Crippen LogP contribution in [0, 0.1) is 10.1 Å². The van der Waals surface area contributed by atoms with E-state index in [0.29, 0.717) is 12.4 Å². The van der Waals surface area contributed by atoms with E-state index in [9.17, 15) is 10.1 Å². The summed E-state index contributed by atoms with van der Waals surface area (Å²) in [6.45, 7) is 4.53. The van der Waals surface area contributed by atoms with Crippen LogP contribution in [0.3, 0.4) is 0 Å². The van der Waals surface area contributed by atoms with Crippen molar-refractivity contribution in [2.45, 2.75) is 45.1 Å². The number of hydrogen-bond acceptors (Lipinski definition) is 4. The topological polar surface area (TPSA) is 64.4 Å². The standard InChI is InChI=1S/C14H20N2O3/c1-3-19-13-9-11(8-12(10-13)16(17)18)15-14(2)6-4-5-7-14/h8-10,15H,3-7H2,1-2H3. The number of non-ortho nitro benzene ring substituents is 1. The third kappa shape index (κ3) is 3.36. The first-order valence-electron chi connectivity index (χ1n) is 6.73. The van der Waals surface area contributed by atoms with Crippen molar-refractivity contribution in [1.82, 2.24) is 0 Å². The Balaban J connectivity index is 2.25. The average molecular weight is 264 g/mol. The highest BCUT2D eigenvalue weighted by Gasteiger charge is 2.28. The van der Waals surface area contributed by atoms with E-state index in [-0.39, 0.29) is 16.1 Å². The molecule has 0 amide bonds. The van der Waals surface area contributed by atoms with Crippen molar-refractivity contribution in [2.24, 2.45) is 0 Å². The lowest BCUT2D eigenvalue weighted by Gasteiger charge is -2.26. The molecule has 19 heavy (non-hydrogen) atoms. The lowest BCUT2D eigenvalue weighted by Crippen LogP contribution is -2.30. The van der Waals surface area contributed by atoms with Crippen molar-refractivity contribution < 1.29 is 9.66 Å². The first-order chi connectivity index (χ1) is 9.02. The lowest BCUT2D eigenvalue weighted by atomic mass is 10.00. The van der Waals surface area contributed by atoms with Gasteiger partial charge < -0.3 is 10.1 Å². The van der Waals surface area contributed by atoms with Crippen LogP contribution in [-0.4, -0.2) is 17.1 Å². The second-order valence-electron chi connectivity index (χ2n) is 5.30. The highest BCUT2D eigenvalue weighted by atomic mass is 16.6. The minimum Gasteiger partial charge on any atom is -0.494 e. The van der Waals surface area contributed by atoms with Crippen LogP contribution in [0.25, 0.3) is 0 Å². The largest absolute Gasteiger partial charge is 0.494 e. The van der Waals surface area contributed by atoms with Crippen LogP contribution in [0.2, 0.25) is 0 Å². The van der Waals surface area contributed by atoms with E-state index in [1.54, 1.807) is 6.07 Å². The van der Waals surface area contributed by atoms with Gasteiger partial charge in [-0.05, 0) is 26.7 Å². The smallest absolute Gasteiger partial charge is 0.275 e. The van der Waals surface area contributed by atoms with Gasteiger partial charge in [0.1, 0.15) is 5.75 Å². The van der Waals surface area contributed by atoms with E-state index in [0.717, 1.165) is 18.5 Å². The van der Waals surface area contributed by atoms with Crippen molar-refractivity contribution in [1.29, 1.82) is 0 Å². The predicted octanol–water partition coefficient (Wildman–Crippen LogP) is 3.74. The molecular formula is C14H20N2O3. The number of hydrogen-bond donors (Lipinski definition) is 1. The minimum absolute atomic E-state index is 0.0404. The molecule has 0 spiro atoms. The first kappa shape index (κ1) is 13.6. The van der Waals surface area contributed by atoms with Crippen molar-refractivity contribution >= 4 is 11.4 Å². The molecule has 2 rings (SSSR count). The highest BCUT2D eigenvalue weighted by molar-refractivity contribution is 5.57. The summed E-state index contributed by atoms with van der Waals surface area (Å²) in [6.07, 6.45) is 4.60. The molecule has 1 aliphatic carbocycles. The van der Waals surface area contributed by atoms with Gasteiger partial charge in [-0.1, -0.05) is 12.8 Å². The number of anilines is 1. The number of ether oxygens (including phenoxy) is 1. The molecule has 5 heteroatoms. The maximum absolute atomic E-state index is 10.9. The summed E-state index contributed by atoms with van der Waals surface area (Å²) in [4.78, 5) is 10.6. The molecule has 5 nitrogen and oxygen atoms in total. The number of rotatable bonds is 5. The van der Waals surface area contributed by atoms with Crippen LogP contribution in [0.15, 0.2) is 18.2 Å². The molecule has 104 valence electrons. The maximum atomic E-state index is 10.9. The predicted molar refractivity (Wildman–Crippen MR) is 74.8 cm³/mol. The zero-order valence-corrected chi connectivity index (χ0v) is 11.4. The van der Waals surface area contributed by atoms with Gasteiger partial charge in [-0.25, -0.2) is 0 Å². The van der Waals surface area contributed by atoms with E-state index >= 15 is 0 Å². The molecule has 0 unspecified atom stereocenters. The molecule has 1 N–H and O–H groups in total. The molecule has 0 atom stereocenters. The molecule has 0 aromatic heterocycles. The molecule has 1 aliphatic rings. The normalized spacial score (nSPS) is 17.2. The van der Waals surface area contributed by atoms with Crippen LogP contribution in [0.5, 0.6) is 5.75 Å². The Bertz CT molecular complexity index is 468. The third-order valence-electron chi connectivity index (χ3n) is 3.57. The van der Waals surface area contributed by atoms with Gasteiger partial charge in [0.2, 0.25) is 0 Å². The quantitative estimate of drug-likeness (QED) is 0.650. The number of nitrogens with one attached hydrogen (secondary N) is 1. The van der Waals surface area contributed by atoms with Crippen molar-refractivity contribution in [3.05, 3.63) is 28.3 Å².